The molecule has 0 radical (unpaired) electrons. The van der Waals surface area contributed by atoms with E-state index in [0.29, 0.717) is 42.2 Å². The number of hydrogen-bond donors (Lipinski definition) is 0. The van der Waals surface area contributed by atoms with E-state index in [4.69, 9.17) is 13.8 Å². The van der Waals surface area contributed by atoms with Crippen LogP contribution in [0.3, 0.4) is 0 Å². The van der Waals surface area contributed by atoms with Gasteiger partial charge in [-0.15, -0.1) is 0 Å². The molecule has 4 heterocycles. The van der Waals surface area contributed by atoms with E-state index in [9.17, 15) is 0 Å². The van der Waals surface area contributed by atoms with E-state index >= 15 is 0 Å². The summed E-state index contributed by atoms with van der Waals surface area (Å²) in [5.41, 5.74) is 0.680. The maximum atomic E-state index is 5.55. The van der Waals surface area contributed by atoms with Crippen molar-refractivity contribution < 1.29 is 13.8 Å². The standard InChI is InChI=1S/C16H18N6O3/c1-22(9-13-18-16(25-20-13)12-6-4-8-23-12)10-14-19-15(21-24-14)11-5-2-3-7-17-11/h2-3,5,7,12H,4,6,8-10H2,1H3/t12-/m0/s1. The maximum absolute atomic E-state index is 5.55. The lowest BCUT2D eigenvalue weighted by atomic mass is 10.2. The van der Waals surface area contributed by atoms with Crippen LogP contribution in [0.1, 0.15) is 36.6 Å². The number of ether oxygens (including phenoxy) is 1. The molecule has 1 atom stereocenters. The van der Waals surface area contributed by atoms with Crippen LogP contribution in [0.4, 0.5) is 0 Å². The van der Waals surface area contributed by atoms with Gasteiger partial charge in [-0.25, -0.2) is 0 Å². The minimum Gasteiger partial charge on any atom is -0.368 e. The van der Waals surface area contributed by atoms with E-state index in [2.05, 4.69) is 25.3 Å². The Morgan fingerprint density at radius 2 is 2.12 bits per heavy atom. The van der Waals surface area contributed by atoms with E-state index < -0.39 is 0 Å². The fourth-order valence-electron chi connectivity index (χ4n) is 2.68. The summed E-state index contributed by atoms with van der Waals surface area (Å²) < 4.78 is 16.1. The zero-order valence-corrected chi connectivity index (χ0v) is 13.8. The Labute approximate surface area is 144 Å². The number of hydrogen-bond acceptors (Lipinski definition) is 9. The predicted molar refractivity (Wildman–Crippen MR) is 84.9 cm³/mol. The van der Waals surface area contributed by atoms with Crippen molar-refractivity contribution in [3.05, 3.63) is 42.0 Å². The van der Waals surface area contributed by atoms with Crippen molar-refractivity contribution in [2.24, 2.45) is 0 Å². The minimum absolute atomic E-state index is 0.0663. The third-order valence-corrected chi connectivity index (χ3v) is 3.87. The van der Waals surface area contributed by atoms with Crippen molar-refractivity contribution in [1.29, 1.82) is 0 Å². The molecule has 4 rings (SSSR count). The van der Waals surface area contributed by atoms with Crippen molar-refractivity contribution in [3.63, 3.8) is 0 Å². The van der Waals surface area contributed by atoms with Crippen LogP contribution < -0.4 is 0 Å². The first-order valence-electron chi connectivity index (χ1n) is 8.14. The average Bonchev–Trinajstić information content (AvgIpc) is 3.37. The summed E-state index contributed by atoms with van der Waals surface area (Å²) in [5.74, 6) is 2.14. The molecule has 1 aliphatic heterocycles. The fraction of sp³-hybridized carbons (Fsp3) is 0.438. The largest absolute Gasteiger partial charge is 0.368 e. The van der Waals surface area contributed by atoms with Crippen molar-refractivity contribution in [3.8, 4) is 11.5 Å². The lowest BCUT2D eigenvalue weighted by Gasteiger charge is -2.10. The molecule has 1 saturated heterocycles. The van der Waals surface area contributed by atoms with Crippen LogP contribution in [-0.2, 0) is 17.8 Å². The van der Waals surface area contributed by atoms with Crippen LogP contribution in [0.25, 0.3) is 11.5 Å². The summed E-state index contributed by atoms with van der Waals surface area (Å²) >= 11 is 0. The zero-order valence-electron chi connectivity index (χ0n) is 13.8. The second-order valence-electron chi connectivity index (χ2n) is 5.95. The Morgan fingerprint density at radius 1 is 1.16 bits per heavy atom. The van der Waals surface area contributed by atoms with Gasteiger partial charge < -0.3 is 13.8 Å². The molecule has 0 unspecified atom stereocenters. The van der Waals surface area contributed by atoms with Gasteiger partial charge in [0, 0.05) is 12.8 Å². The molecule has 0 spiro atoms. The molecule has 3 aromatic heterocycles. The normalized spacial score (nSPS) is 17.4. The summed E-state index contributed by atoms with van der Waals surface area (Å²) in [4.78, 5) is 14.9. The van der Waals surface area contributed by atoms with Gasteiger partial charge in [-0.05, 0) is 32.0 Å². The zero-order chi connectivity index (χ0) is 17.1. The van der Waals surface area contributed by atoms with E-state index in [1.54, 1.807) is 6.20 Å². The summed E-state index contributed by atoms with van der Waals surface area (Å²) in [6, 6.07) is 5.56. The summed E-state index contributed by atoms with van der Waals surface area (Å²) in [6.45, 7) is 1.74. The molecule has 9 nitrogen and oxygen atoms in total. The summed E-state index contributed by atoms with van der Waals surface area (Å²) in [5, 5.41) is 7.97. The molecule has 0 saturated carbocycles. The first-order chi connectivity index (χ1) is 12.3. The van der Waals surface area contributed by atoms with E-state index in [1.807, 2.05) is 30.1 Å². The predicted octanol–water partition coefficient (Wildman–Crippen LogP) is 2.00. The Kier molecular flexibility index (Phi) is 4.49. The molecule has 25 heavy (non-hydrogen) atoms. The lowest BCUT2D eigenvalue weighted by molar-refractivity contribution is 0.0835. The van der Waals surface area contributed by atoms with E-state index in [1.165, 1.54) is 0 Å². The molecule has 0 bridgehead atoms. The van der Waals surface area contributed by atoms with Crippen LogP contribution in [0.15, 0.2) is 33.4 Å². The van der Waals surface area contributed by atoms with Crippen LogP contribution in [0, 0.1) is 0 Å². The van der Waals surface area contributed by atoms with Crippen LogP contribution in [0.2, 0.25) is 0 Å². The molecule has 130 valence electrons. The quantitative estimate of drug-likeness (QED) is 0.665. The van der Waals surface area contributed by atoms with Gasteiger partial charge in [0.2, 0.25) is 11.7 Å². The third-order valence-electron chi connectivity index (χ3n) is 3.87. The number of aromatic nitrogens is 5. The Balaban J connectivity index is 1.36. The van der Waals surface area contributed by atoms with Crippen molar-refractivity contribution >= 4 is 0 Å². The van der Waals surface area contributed by atoms with Gasteiger partial charge in [0.05, 0.1) is 13.1 Å². The summed E-state index contributed by atoms with van der Waals surface area (Å²) in [7, 11) is 1.92. The molecule has 3 aromatic rings. The second kappa shape index (κ2) is 7.08. The minimum atomic E-state index is -0.0663. The Morgan fingerprint density at radius 3 is 2.92 bits per heavy atom. The van der Waals surface area contributed by atoms with Gasteiger partial charge in [-0.2, -0.15) is 9.97 Å². The van der Waals surface area contributed by atoms with Crippen LogP contribution >= 0.6 is 0 Å². The number of rotatable bonds is 6. The molecule has 1 fully saturated rings. The van der Waals surface area contributed by atoms with E-state index in [0.717, 1.165) is 19.4 Å². The smallest absolute Gasteiger partial charge is 0.255 e. The van der Waals surface area contributed by atoms with Gasteiger partial charge in [-0.3, -0.25) is 9.88 Å². The fourth-order valence-corrected chi connectivity index (χ4v) is 2.68. The SMILES string of the molecule is CN(Cc1noc([C@@H]2CCCO2)n1)Cc1nc(-c2ccccn2)no1. The molecule has 0 aromatic carbocycles. The highest BCUT2D eigenvalue weighted by molar-refractivity contribution is 5.46. The lowest BCUT2D eigenvalue weighted by Crippen LogP contribution is -2.18. The van der Waals surface area contributed by atoms with Crippen molar-refractivity contribution in [2.75, 3.05) is 13.7 Å². The van der Waals surface area contributed by atoms with Gasteiger partial charge in [0.15, 0.2) is 5.82 Å². The monoisotopic (exact) mass is 342 g/mol. The first kappa shape index (κ1) is 15.9. The molecule has 0 aliphatic carbocycles. The van der Waals surface area contributed by atoms with Gasteiger partial charge in [0.25, 0.3) is 5.89 Å². The summed E-state index contributed by atoms with van der Waals surface area (Å²) in [6.07, 6.45) is 3.58. The maximum Gasteiger partial charge on any atom is 0.255 e. The molecule has 0 N–H and O–H groups in total. The highest BCUT2D eigenvalue weighted by atomic mass is 16.5. The topological polar surface area (TPSA) is 103 Å². The third kappa shape index (κ3) is 3.72. The molecular weight excluding hydrogens is 324 g/mol. The van der Waals surface area contributed by atoms with Gasteiger partial charge in [-0.1, -0.05) is 16.4 Å². The average molecular weight is 342 g/mol. The molecule has 0 amide bonds. The molecule has 9 heteroatoms. The van der Waals surface area contributed by atoms with Crippen molar-refractivity contribution in [1.82, 2.24) is 30.2 Å². The highest BCUT2D eigenvalue weighted by Gasteiger charge is 2.24. The highest BCUT2D eigenvalue weighted by Crippen LogP contribution is 2.27. The molecular formula is C16H18N6O3. The Hall–Kier alpha value is -2.65. The molecule has 1 aliphatic rings. The number of nitrogens with zero attached hydrogens (tertiary/aromatic N) is 6. The second-order valence-corrected chi connectivity index (χ2v) is 5.95. The first-order valence-corrected chi connectivity index (χ1v) is 8.14. The van der Waals surface area contributed by atoms with Gasteiger partial charge in [0.1, 0.15) is 11.8 Å². The van der Waals surface area contributed by atoms with Gasteiger partial charge >= 0.3 is 0 Å². The van der Waals surface area contributed by atoms with Crippen LogP contribution in [-0.4, -0.2) is 43.8 Å². The van der Waals surface area contributed by atoms with Crippen molar-refractivity contribution in [2.45, 2.75) is 32.0 Å². The number of pyridine rings is 1. The van der Waals surface area contributed by atoms with Crippen LogP contribution in [0.5, 0.6) is 0 Å². The Bertz CT molecular complexity index is 812. The van der Waals surface area contributed by atoms with E-state index in [-0.39, 0.29) is 6.10 Å².